The Kier molecular flexibility index (Phi) is 18.5. The topological polar surface area (TPSA) is 39.8 Å². The van der Waals surface area contributed by atoms with Crippen molar-refractivity contribution in [1.29, 1.82) is 0 Å². The molecule has 1 aliphatic carbocycles. The van der Waals surface area contributed by atoms with E-state index in [2.05, 4.69) is 13.3 Å². The summed E-state index contributed by atoms with van der Waals surface area (Å²) >= 11 is 0. The predicted octanol–water partition coefficient (Wildman–Crippen LogP) is 3.59. The molecule has 0 aliphatic heterocycles. The van der Waals surface area contributed by atoms with Crippen LogP contribution in [-0.2, 0) is 32.5 Å². The molecule has 1 aliphatic rings. The molecule has 0 aromatic heterocycles. The molecule has 113 valence electrons. The first kappa shape index (κ1) is 25.5. The van der Waals surface area contributed by atoms with Gasteiger partial charge in [0.15, 0.2) is 0 Å². The van der Waals surface area contributed by atoms with Crippen molar-refractivity contribution < 1.29 is 39.5 Å². The molecular weight excluding hydrogens is 337 g/mol. The van der Waals surface area contributed by atoms with Gasteiger partial charge in [-0.15, -0.1) is 17.7 Å². The van der Waals surface area contributed by atoms with Crippen LogP contribution in [0.25, 0.3) is 0 Å². The molecule has 0 atom stereocenters. The van der Waals surface area contributed by atoms with E-state index in [-0.39, 0.29) is 17.1 Å². The Morgan fingerprint density at radius 3 is 1.32 bits per heavy atom. The number of alkyl halides is 3. The normalized spacial score (nSPS) is 11.5. The van der Waals surface area contributed by atoms with E-state index >= 15 is 0 Å². The average molecular weight is 346 g/mol. The second-order valence-corrected chi connectivity index (χ2v) is 3.16. The van der Waals surface area contributed by atoms with Crippen LogP contribution in [0.3, 0.4) is 0 Å². The molecule has 1 aromatic carbocycles. The van der Waals surface area contributed by atoms with Gasteiger partial charge in [-0.1, -0.05) is 12.1 Å². The van der Waals surface area contributed by atoms with Crippen molar-refractivity contribution in [2.45, 2.75) is 6.18 Å². The molecule has 0 unspecified atom stereocenters. The van der Waals surface area contributed by atoms with Crippen LogP contribution in [0.4, 0.5) is 13.2 Å². The van der Waals surface area contributed by atoms with Crippen LogP contribution in [0.2, 0.25) is 0 Å². The van der Waals surface area contributed by atoms with E-state index in [0.29, 0.717) is 5.56 Å². The monoisotopic (exact) mass is 346 g/mol. The van der Waals surface area contributed by atoms with Gasteiger partial charge in [-0.05, 0) is 32.1 Å². The third-order valence-corrected chi connectivity index (χ3v) is 1.91. The van der Waals surface area contributed by atoms with Gasteiger partial charge in [0.1, 0.15) is 0 Å². The minimum absolute atomic E-state index is 0. The molecule has 0 amide bonds. The average Bonchev–Trinajstić information content (AvgIpc) is 3.10. The van der Waals surface area contributed by atoms with Crippen molar-refractivity contribution in [3.63, 3.8) is 0 Å². The number of hydrogen-bond donors (Lipinski definition) is 0. The minimum atomic E-state index is -4.31. The largest absolute Gasteiger partial charge is 2.00 e. The summed E-state index contributed by atoms with van der Waals surface area (Å²) < 4.78 is 50.9. The third kappa shape index (κ3) is 12.3. The van der Waals surface area contributed by atoms with Crippen molar-refractivity contribution in [2.75, 3.05) is 0 Å². The van der Waals surface area contributed by atoms with Crippen molar-refractivity contribution >= 4 is 0 Å². The molecule has 5 radical (unpaired) electrons. The third-order valence-electron chi connectivity index (χ3n) is 1.91. The predicted molar refractivity (Wildman–Crippen MR) is 67.0 cm³/mol. The van der Waals surface area contributed by atoms with Crippen LogP contribution in [0.15, 0.2) is 24.3 Å². The summed E-state index contributed by atoms with van der Waals surface area (Å²) in [5, 5.41) is 0. The number of halogens is 3. The molecule has 0 saturated heterocycles. The maximum Gasteiger partial charge on any atom is 2.00 e. The SMILES string of the molecule is [C-]#Cc1ccc(C(F)(F)F)cc1.[C-]#[O+].[C-]#[O+].[CH]1[CH][CH][CH][CH]1.[Fe+2]. The molecule has 2 nitrogen and oxygen atoms in total. The number of benzene rings is 1. The van der Waals surface area contributed by atoms with Crippen molar-refractivity contribution in [1.82, 2.24) is 0 Å². The molecule has 0 bridgehead atoms. The maximum atomic E-state index is 12.0. The molecule has 22 heavy (non-hydrogen) atoms. The van der Waals surface area contributed by atoms with Gasteiger partial charge in [-0.3, -0.25) is 5.92 Å². The Morgan fingerprint density at radius 2 is 1.09 bits per heavy atom. The smallest absolute Gasteiger partial charge is 0.0312 e. The maximum absolute atomic E-state index is 12.0. The van der Waals surface area contributed by atoms with Crippen molar-refractivity contribution in [2.24, 2.45) is 0 Å². The van der Waals surface area contributed by atoms with Crippen molar-refractivity contribution in [3.8, 4) is 5.92 Å². The van der Waals surface area contributed by atoms with E-state index < -0.39 is 11.7 Å². The zero-order chi connectivity index (χ0) is 16.7. The second-order valence-electron chi connectivity index (χ2n) is 3.16. The Morgan fingerprint density at radius 1 is 0.773 bits per heavy atom. The molecule has 1 fully saturated rings. The molecule has 1 saturated carbocycles. The second kappa shape index (κ2) is 15.9. The summed E-state index contributed by atoms with van der Waals surface area (Å²) in [6, 6.07) is 4.26. The zero-order valence-electron chi connectivity index (χ0n) is 11.0. The van der Waals surface area contributed by atoms with Crippen molar-refractivity contribution in [3.05, 3.63) is 87.2 Å². The van der Waals surface area contributed by atoms with Gasteiger partial charge in [0.25, 0.3) is 0 Å². The van der Waals surface area contributed by atoms with Crippen LogP contribution in [0, 0.1) is 57.7 Å². The summed E-state index contributed by atoms with van der Waals surface area (Å²) in [5.74, 6) is 1.99. The van der Waals surface area contributed by atoms with E-state index in [0.717, 1.165) is 12.1 Å². The molecule has 0 spiro atoms. The summed E-state index contributed by atoms with van der Waals surface area (Å²) in [6.45, 7) is 9.00. The van der Waals surface area contributed by atoms with E-state index in [9.17, 15) is 13.2 Å². The van der Waals surface area contributed by atoms with Gasteiger partial charge in [0.2, 0.25) is 0 Å². The van der Waals surface area contributed by atoms with Crippen LogP contribution >= 0.6 is 0 Å². The Balaban J connectivity index is -0.000000303. The fourth-order valence-corrected chi connectivity index (χ4v) is 1.06. The van der Waals surface area contributed by atoms with Crippen LogP contribution in [0.1, 0.15) is 11.1 Å². The van der Waals surface area contributed by atoms with Gasteiger partial charge in [0, 0.05) is 0 Å². The summed E-state index contributed by atoms with van der Waals surface area (Å²) in [4.78, 5) is 0. The van der Waals surface area contributed by atoms with E-state index in [1.54, 1.807) is 0 Å². The Labute approximate surface area is 139 Å². The summed E-state index contributed by atoms with van der Waals surface area (Å²) in [6.07, 6.45) is 12.3. The fourth-order valence-electron chi connectivity index (χ4n) is 1.06. The van der Waals surface area contributed by atoms with E-state index in [1.165, 1.54) is 12.1 Å². The quantitative estimate of drug-likeness (QED) is 0.298. The van der Waals surface area contributed by atoms with Gasteiger partial charge in [0.05, 0.1) is 5.56 Å². The molecular formula is C16H9F3FeO2+. The van der Waals surface area contributed by atoms with E-state index in [1.807, 2.05) is 38.0 Å². The van der Waals surface area contributed by atoms with Crippen LogP contribution in [0.5, 0.6) is 0 Å². The minimum Gasteiger partial charge on any atom is -0.0312 e. The first-order valence-corrected chi connectivity index (χ1v) is 5.21. The van der Waals surface area contributed by atoms with Crippen LogP contribution in [-0.4, -0.2) is 0 Å². The zero-order valence-corrected chi connectivity index (χ0v) is 12.1. The molecule has 1 aromatic rings. The molecule has 2 rings (SSSR count). The molecule has 6 heteroatoms. The first-order valence-electron chi connectivity index (χ1n) is 5.21. The van der Waals surface area contributed by atoms with Crippen LogP contribution < -0.4 is 0 Å². The number of rotatable bonds is 0. The first-order chi connectivity index (χ1) is 10.0. The summed E-state index contributed by atoms with van der Waals surface area (Å²) in [5.41, 5.74) is -0.371. The Hall–Kier alpha value is -1.43. The molecule has 0 N–H and O–H groups in total. The van der Waals surface area contributed by atoms with E-state index in [4.69, 9.17) is 15.7 Å². The van der Waals surface area contributed by atoms with Gasteiger partial charge >= 0.3 is 45.9 Å². The van der Waals surface area contributed by atoms with Gasteiger partial charge in [-0.25, -0.2) is 0 Å². The summed E-state index contributed by atoms with van der Waals surface area (Å²) in [7, 11) is 0. The van der Waals surface area contributed by atoms with Gasteiger partial charge in [-0.2, -0.15) is 13.2 Å². The van der Waals surface area contributed by atoms with Gasteiger partial charge < -0.3 is 6.42 Å². The number of hydrogen-bond acceptors (Lipinski definition) is 0. The fraction of sp³-hybridized carbons (Fsp3) is 0.0625. The Bertz CT molecular complexity index is 439. The molecule has 0 heterocycles. The standard InChI is InChI=1S/C9H4F3.C5H5.2CO.Fe/c1-2-7-3-5-8(6-4-7)9(10,11)12;1-2-4-5-3-1;2*1-2;/h3-6H;1-5H;;;/q-1;;;;+2.